The molecule has 226 valence electrons. The molecule has 1 amide bonds. The minimum atomic E-state index is -4.45. The average molecular weight is 618 g/mol. The van der Waals surface area contributed by atoms with Crippen LogP contribution in [0.1, 0.15) is 57.1 Å². The number of hydrogen-bond acceptors (Lipinski definition) is 8. The lowest BCUT2D eigenvalue weighted by atomic mass is 9.94. The van der Waals surface area contributed by atoms with Gasteiger partial charge in [0.05, 0.1) is 22.9 Å². The second-order valence-electron chi connectivity index (χ2n) is 11.3. The fourth-order valence-corrected chi connectivity index (χ4v) is 5.70. The summed E-state index contributed by atoms with van der Waals surface area (Å²) in [6.07, 6.45) is -1.05. The maximum absolute atomic E-state index is 13.3. The fourth-order valence-electron chi connectivity index (χ4n) is 4.60. The van der Waals surface area contributed by atoms with Crippen molar-refractivity contribution in [3.63, 3.8) is 0 Å². The molecular formula is C25H34F3N7O4S2. The van der Waals surface area contributed by atoms with Gasteiger partial charge in [0.25, 0.3) is 15.9 Å². The number of halogens is 3. The summed E-state index contributed by atoms with van der Waals surface area (Å²) in [5.74, 6) is -0.113. The quantitative estimate of drug-likeness (QED) is 0.386. The summed E-state index contributed by atoms with van der Waals surface area (Å²) in [6, 6.07) is 4.33. The number of pyridine rings is 1. The molecule has 16 heteroatoms. The molecule has 0 saturated carbocycles. The zero-order chi connectivity index (χ0) is 29.7. The van der Waals surface area contributed by atoms with E-state index in [0.29, 0.717) is 6.54 Å². The van der Waals surface area contributed by atoms with Gasteiger partial charge in [-0.2, -0.15) is 31.8 Å². The molecule has 3 aromatic rings. The van der Waals surface area contributed by atoms with E-state index in [9.17, 15) is 26.4 Å². The predicted octanol–water partition coefficient (Wildman–Crippen LogP) is 4.12. The smallest absolute Gasteiger partial charge is 0.397 e. The molecule has 1 saturated heterocycles. The Bertz CT molecular complexity index is 1520. The predicted molar refractivity (Wildman–Crippen MR) is 150 cm³/mol. The van der Waals surface area contributed by atoms with Gasteiger partial charge in [-0.25, -0.2) is 22.8 Å². The van der Waals surface area contributed by atoms with Crippen molar-refractivity contribution in [2.24, 2.45) is 11.3 Å². The molecule has 0 bridgehead atoms. The summed E-state index contributed by atoms with van der Waals surface area (Å²) in [5.41, 5.74) is -2.17. The minimum absolute atomic E-state index is 0. The average Bonchev–Trinajstić information content (AvgIpc) is 3.54. The van der Waals surface area contributed by atoms with Gasteiger partial charge in [-0.15, -0.1) is 5.10 Å². The molecule has 0 aromatic carbocycles. The zero-order valence-corrected chi connectivity index (χ0v) is 25.3. The molecule has 4 heterocycles. The first-order valence-corrected chi connectivity index (χ1v) is 14.0. The molecule has 0 spiro atoms. The van der Waals surface area contributed by atoms with Crippen LogP contribution < -0.4 is 14.4 Å². The van der Waals surface area contributed by atoms with Crippen molar-refractivity contribution in [3.05, 3.63) is 41.9 Å². The number of H-pyrrole nitrogens is 1. The van der Waals surface area contributed by atoms with Crippen LogP contribution >= 0.6 is 13.5 Å². The Morgan fingerprint density at radius 3 is 2.49 bits per heavy atom. The van der Waals surface area contributed by atoms with Crippen LogP contribution in [0.4, 0.5) is 19.0 Å². The van der Waals surface area contributed by atoms with Crippen molar-refractivity contribution >= 4 is 35.2 Å². The van der Waals surface area contributed by atoms with E-state index in [1.165, 1.54) is 36.0 Å². The molecule has 0 radical (unpaired) electrons. The zero-order valence-electron chi connectivity index (χ0n) is 23.5. The summed E-state index contributed by atoms with van der Waals surface area (Å²) in [7, 11) is -4.22. The van der Waals surface area contributed by atoms with Crippen molar-refractivity contribution in [1.82, 2.24) is 29.7 Å². The maximum atomic E-state index is 13.3. The molecule has 0 unspecified atom stereocenters. The first-order chi connectivity index (χ1) is 18.4. The van der Waals surface area contributed by atoms with Crippen molar-refractivity contribution < 1.29 is 31.1 Å². The topological polar surface area (TPSA) is 135 Å². The molecule has 3 aromatic heterocycles. The normalized spacial score (nSPS) is 17.3. The summed E-state index contributed by atoms with van der Waals surface area (Å²) >= 11 is 0. The molecule has 11 nitrogen and oxygen atoms in total. The SMILES string of the molecule is Cc1[nH]ncc1S(=O)(=O)NC(=O)c1ccc(-n2ccc(OCC(C)(C)C(F)(F)F)n2)nc1N1C[C@@H](C)CC1(C)C.S. The number of anilines is 1. The molecule has 2 N–H and O–H groups in total. The van der Waals surface area contributed by atoms with Gasteiger partial charge in [0.15, 0.2) is 5.82 Å². The van der Waals surface area contributed by atoms with E-state index in [4.69, 9.17) is 4.74 Å². The molecule has 1 aliphatic heterocycles. The van der Waals surface area contributed by atoms with Gasteiger partial charge in [-0.3, -0.25) is 9.89 Å². The van der Waals surface area contributed by atoms with Crippen LogP contribution in [0, 0.1) is 18.3 Å². The van der Waals surface area contributed by atoms with Gasteiger partial charge in [0.2, 0.25) is 5.88 Å². The third kappa shape index (κ3) is 6.63. The Labute approximate surface area is 243 Å². The van der Waals surface area contributed by atoms with Crippen molar-refractivity contribution in [2.45, 2.75) is 64.6 Å². The fraction of sp³-hybridized carbons (Fsp3) is 0.520. The first kappa shape index (κ1) is 32.2. The minimum Gasteiger partial charge on any atom is -0.476 e. The van der Waals surface area contributed by atoms with Crippen LogP contribution in [0.3, 0.4) is 0 Å². The third-order valence-corrected chi connectivity index (χ3v) is 8.33. The molecule has 1 fully saturated rings. The molecule has 4 rings (SSSR count). The molecule has 41 heavy (non-hydrogen) atoms. The number of nitrogens with one attached hydrogen (secondary N) is 2. The highest BCUT2D eigenvalue weighted by Gasteiger charge is 2.48. The summed E-state index contributed by atoms with van der Waals surface area (Å²) in [6.45, 7) is 9.60. The number of hydrogen-bond donors (Lipinski definition) is 2. The number of aryl methyl sites for hydroxylation is 1. The lowest BCUT2D eigenvalue weighted by Gasteiger charge is -2.34. The lowest BCUT2D eigenvalue weighted by Crippen LogP contribution is -2.41. The number of carbonyl (C=O) groups excluding carboxylic acids is 1. The Kier molecular flexibility index (Phi) is 8.80. The Morgan fingerprint density at radius 2 is 1.93 bits per heavy atom. The van der Waals surface area contributed by atoms with E-state index in [1.807, 2.05) is 18.7 Å². The highest BCUT2D eigenvalue weighted by Crippen LogP contribution is 2.39. The van der Waals surface area contributed by atoms with Crippen LogP contribution in [0.2, 0.25) is 0 Å². The highest BCUT2D eigenvalue weighted by molar-refractivity contribution is 7.90. The number of sulfonamides is 1. The standard InChI is InChI=1S/C25H32F3N7O4S.H2S/c1-15-11-24(5,6)34(13-15)21-17(22(36)33-40(37,38)18-12-29-31-16(18)2)7-8-19(30-21)35-10-9-20(32-35)39-14-23(3,4)25(26,27)28;/h7-10,12,15H,11,13-14H2,1-6H3,(H,29,31)(H,33,36);1H2/t15-;/m0./s1. The van der Waals surface area contributed by atoms with Crippen molar-refractivity contribution in [1.29, 1.82) is 0 Å². The molecule has 1 atom stereocenters. The number of carbonyl (C=O) groups is 1. The summed E-state index contributed by atoms with van der Waals surface area (Å²) in [5, 5.41) is 10.4. The number of nitrogens with zero attached hydrogens (tertiary/aromatic N) is 5. The van der Waals surface area contributed by atoms with E-state index in [1.54, 1.807) is 0 Å². The largest absolute Gasteiger partial charge is 0.476 e. The van der Waals surface area contributed by atoms with E-state index < -0.39 is 39.7 Å². The van der Waals surface area contributed by atoms with Crippen LogP contribution in [0.25, 0.3) is 5.82 Å². The van der Waals surface area contributed by atoms with Crippen LogP contribution in [0.15, 0.2) is 35.5 Å². The maximum Gasteiger partial charge on any atom is 0.397 e. The number of ether oxygens (including phenoxy) is 1. The van der Waals surface area contributed by atoms with Gasteiger partial charge < -0.3 is 9.64 Å². The van der Waals surface area contributed by atoms with Crippen LogP contribution in [-0.4, -0.2) is 64.2 Å². The van der Waals surface area contributed by atoms with E-state index in [0.717, 1.165) is 26.5 Å². The Hall–Kier alpha value is -3.27. The third-order valence-electron chi connectivity index (χ3n) is 6.88. The Morgan fingerprint density at radius 1 is 1.24 bits per heavy atom. The summed E-state index contributed by atoms with van der Waals surface area (Å²) < 4.78 is 74.1. The second kappa shape index (κ2) is 11.2. The van der Waals surface area contributed by atoms with Crippen molar-refractivity contribution in [2.75, 3.05) is 18.1 Å². The molecular weight excluding hydrogens is 583 g/mol. The van der Waals surface area contributed by atoms with Gasteiger partial charge in [0.1, 0.15) is 17.3 Å². The molecule has 0 aliphatic carbocycles. The van der Waals surface area contributed by atoms with E-state index in [2.05, 4.69) is 31.9 Å². The van der Waals surface area contributed by atoms with E-state index >= 15 is 0 Å². The first-order valence-electron chi connectivity index (χ1n) is 12.5. The number of aromatic nitrogens is 5. The van der Waals surface area contributed by atoms with Gasteiger partial charge in [-0.1, -0.05) is 6.92 Å². The highest BCUT2D eigenvalue weighted by atomic mass is 32.2. The van der Waals surface area contributed by atoms with Crippen LogP contribution in [-0.2, 0) is 10.0 Å². The van der Waals surface area contributed by atoms with Gasteiger partial charge >= 0.3 is 6.18 Å². The number of aromatic amines is 1. The monoisotopic (exact) mass is 617 g/mol. The Balaban J connectivity index is 0.00000462. The van der Waals surface area contributed by atoms with Gasteiger partial charge in [0, 0.05) is 24.3 Å². The number of rotatable bonds is 8. The summed E-state index contributed by atoms with van der Waals surface area (Å²) in [4.78, 5) is 19.8. The van der Waals surface area contributed by atoms with E-state index in [-0.39, 0.29) is 53.1 Å². The second-order valence-corrected chi connectivity index (χ2v) is 13.0. The number of amides is 1. The van der Waals surface area contributed by atoms with Crippen molar-refractivity contribution in [3.8, 4) is 11.7 Å². The number of alkyl halides is 3. The van der Waals surface area contributed by atoms with Crippen LogP contribution in [0.5, 0.6) is 5.88 Å². The molecule has 1 aliphatic rings. The lowest BCUT2D eigenvalue weighted by molar-refractivity contribution is -0.219. The van der Waals surface area contributed by atoms with Gasteiger partial charge in [-0.05, 0) is 59.1 Å².